The highest BCUT2D eigenvalue weighted by molar-refractivity contribution is 6.01. The number of benzene rings is 2. The van der Waals surface area contributed by atoms with Crippen molar-refractivity contribution in [1.29, 1.82) is 0 Å². The maximum absolute atomic E-state index is 13.4. The van der Waals surface area contributed by atoms with Crippen molar-refractivity contribution in [3.05, 3.63) is 48.0 Å². The van der Waals surface area contributed by atoms with Crippen molar-refractivity contribution < 1.29 is 19.4 Å². The van der Waals surface area contributed by atoms with Gasteiger partial charge in [-0.25, -0.2) is 0 Å². The number of aliphatic hydroxyl groups excluding tert-OH is 1. The van der Waals surface area contributed by atoms with E-state index in [4.69, 9.17) is 9.47 Å². The molecule has 1 amide bonds. The lowest BCUT2D eigenvalue weighted by atomic mass is 9.89. The summed E-state index contributed by atoms with van der Waals surface area (Å²) in [5, 5.41) is 22.1. The number of morpholine rings is 1. The van der Waals surface area contributed by atoms with Crippen LogP contribution in [0.15, 0.2) is 42.5 Å². The Morgan fingerprint density at radius 2 is 1.82 bits per heavy atom. The SMILES string of the molecule is O=C(NCC1(N2CCOCC2)CCCOC1)c1ccc2[nH]nc(-c3ccc(N4[C@@H]5CC[C@H]4CC(O)C5)cc3)c2c1. The van der Waals surface area contributed by atoms with Gasteiger partial charge in [0.2, 0.25) is 0 Å². The van der Waals surface area contributed by atoms with E-state index >= 15 is 0 Å². The molecule has 0 radical (unpaired) electrons. The monoisotopic (exact) mass is 545 g/mol. The molecule has 7 rings (SSSR count). The lowest BCUT2D eigenvalue weighted by Gasteiger charge is -2.47. The molecule has 4 saturated heterocycles. The summed E-state index contributed by atoms with van der Waals surface area (Å²) in [6, 6.07) is 15.2. The molecule has 0 saturated carbocycles. The summed E-state index contributed by atoms with van der Waals surface area (Å²) >= 11 is 0. The van der Waals surface area contributed by atoms with Gasteiger partial charge < -0.3 is 24.8 Å². The van der Waals surface area contributed by atoms with Gasteiger partial charge in [0.15, 0.2) is 0 Å². The van der Waals surface area contributed by atoms with Gasteiger partial charge in [-0.15, -0.1) is 0 Å². The number of rotatable bonds is 6. The average molecular weight is 546 g/mol. The minimum absolute atomic E-state index is 0.0784. The third-order valence-corrected chi connectivity index (χ3v) is 9.53. The Balaban J connectivity index is 1.09. The van der Waals surface area contributed by atoms with Gasteiger partial charge in [0.05, 0.1) is 42.7 Å². The maximum Gasteiger partial charge on any atom is 0.251 e. The van der Waals surface area contributed by atoms with Crippen molar-refractivity contribution in [2.24, 2.45) is 0 Å². The van der Waals surface area contributed by atoms with Gasteiger partial charge in [0.1, 0.15) is 0 Å². The number of hydrogen-bond donors (Lipinski definition) is 3. The molecule has 4 fully saturated rings. The van der Waals surface area contributed by atoms with Crippen LogP contribution in [0, 0.1) is 0 Å². The molecule has 2 bridgehead atoms. The van der Waals surface area contributed by atoms with Crippen LogP contribution in [-0.4, -0.2) is 95.9 Å². The molecule has 212 valence electrons. The number of anilines is 1. The van der Waals surface area contributed by atoms with Crippen molar-refractivity contribution in [1.82, 2.24) is 20.4 Å². The number of carbonyl (C=O) groups is 1. The summed E-state index contributed by atoms with van der Waals surface area (Å²) in [6.07, 6.45) is 5.85. The van der Waals surface area contributed by atoms with Crippen molar-refractivity contribution >= 4 is 22.5 Å². The highest BCUT2D eigenvalue weighted by atomic mass is 16.5. The third-order valence-electron chi connectivity index (χ3n) is 9.53. The van der Waals surface area contributed by atoms with Crippen LogP contribution < -0.4 is 10.2 Å². The largest absolute Gasteiger partial charge is 0.393 e. The van der Waals surface area contributed by atoms with Crippen LogP contribution in [0.1, 0.15) is 48.9 Å². The average Bonchev–Trinajstić information content (AvgIpc) is 3.55. The molecular weight excluding hydrogens is 506 g/mol. The van der Waals surface area contributed by atoms with Crippen LogP contribution in [0.5, 0.6) is 0 Å². The lowest BCUT2D eigenvalue weighted by Crippen LogP contribution is -2.62. The van der Waals surface area contributed by atoms with Gasteiger partial charge in [-0.1, -0.05) is 12.1 Å². The van der Waals surface area contributed by atoms with E-state index in [1.54, 1.807) is 0 Å². The van der Waals surface area contributed by atoms with Crippen LogP contribution in [0.4, 0.5) is 5.69 Å². The molecule has 5 heterocycles. The zero-order valence-electron chi connectivity index (χ0n) is 23.0. The number of aromatic amines is 1. The number of piperidine rings is 1. The number of hydrogen-bond acceptors (Lipinski definition) is 7. The Morgan fingerprint density at radius 1 is 1.05 bits per heavy atom. The van der Waals surface area contributed by atoms with E-state index in [9.17, 15) is 9.90 Å². The predicted octanol–water partition coefficient (Wildman–Crippen LogP) is 3.33. The van der Waals surface area contributed by atoms with Gasteiger partial charge in [0, 0.05) is 60.5 Å². The van der Waals surface area contributed by atoms with Crippen LogP contribution in [0.2, 0.25) is 0 Å². The van der Waals surface area contributed by atoms with E-state index in [0.717, 1.165) is 93.6 Å². The Morgan fingerprint density at radius 3 is 2.55 bits per heavy atom. The number of amides is 1. The fourth-order valence-corrected chi connectivity index (χ4v) is 7.46. The van der Waals surface area contributed by atoms with E-state index in [2.05, 4.69) is 49.6 Å². The number of carbonyl (C=O) groups excluding carboxylic acids is 1. The van der Waals surface area contributed by atoms with Gasteiger partial charge in [-0.2, -0.15) is 5.10 Å². The Bertz CT molecular complexity index is 1330. The molecule has 3 aromatic rings. The van der Waals surface area contributed by atoms with E-state index in [1.165, 1.54) is 5.69 Å². The summed E-state index contributed by atoms with van der Waals surface area (Å²) in [5.41, 5.74) is 4.43. The molecule has 0 spiro atoms. The first-order valence-corrected chi connectivity index (χ1v) is 14.8. The number of nitrogens with one attached hydrogen (secondary N) is 2. The third kappa shape index (κ3) is 4.79. The highest BCUT2D eigenvalue weighted by Gasteiger charge is 2.41. The number of H-pyrrole nitrogens is 1. The van der Waals surface area contributed by atoms with Crippen molar-refractivity contribution in [3.63, 3.8) is 0 Å². The van der Waals surface area contributed by atoms with Crippen molar-refractivity contribution in [3.8, 4) is 11.3 Å². The van der Waals surface area contributed by atoms with E-state index in [0.29, 0.717) is 30.8 Å². The van der Waals surface area contributed by atoms with Gasteiger partial charge in [-0.05, 0) is 68.9 Å². The first kappa shape index (κ1) is 26.0. The molecule has 9 nitrogen and oxygen atoms in total. The van der Waals surface area contributed by atoms with Crippen LogP contribution in [0.3, 0.4) is 0 Å². The number of aromatic nitrogens is 2. The second kappa shape index (κ2) is 10.8. The normalized spacial score (nSPS) is 29.1. The van der Waals surface area contributed by atoms with E-state index < -0.39 is 0 Å². The molecule has 40 heavy (non-hydrogen) atoms. The van der Waals surface area contributed by atoms with Gasteiger partial charge in [0.25, 0.3) is 5.91 Å². The summed E-state index contributed by atoms with van der Waals surface area (Å²) in [4.78, 5) is 18.3. The molecule has 4 aliphatic rings. The maximum atomic E-state index is 13.4. The van der Waals surface area contributed by atoms with Crippen molar-refractivity contribution in [2.75, 3.05) is 51.0 Å². The summed E-state index contributed by atoms with van der Waals surface area (Å²) in [6.45, 7) is 5.14. The van der Waals surface area contributed by atoms with Crippen LogP contribution in [0.25, 0.3) is 22.2 Å². The number of ether oxygens (including phenoxy) is 2. The zero-order valence-corrected chi connectivity index (χ0v) is 23.0. The van der Waals surface area contributed by atoms with Gasteiger partial charge in [-0.3, -0.25) is 14.8 Å². The number of aliphatic hydroxyl groups is 1. The summed E-state index contributed by atoms with van der Waals surface area (Å²) < 4.78 is 11.5. The standard InChI is InChI=1S/C31H39N5O4/c37-26-17-24-7-8-25(18-26)36(24)23-5-2-21(3-6-23)29-27-16-22(4-9-28(27)33-34-29)30(38)32-19-31(10-1-13-40-20-31)35-11-14-39-15-12-35/h2-6,9,16,24-26,37H,1,7-8,10-15,17-20H2,(H,32,38)(H,33,34)/t24-,25+,26?,31?. The molecular formula is C31H39N5O4. The highest BCUT2D eigenvalue weighted by Crippen LogP contribution is 2.40. The summed E-state index contributed by atoms with van der Waals surface area (Å²) in [7, 11) is 0. The zero-order chi connectivity index (χ0) is 27.1. The molecule has 2 aromatic carbocycles. The topological polar surface area (TPSA) is 103 Å². The van der Waals surface area contributed by atoms with Crippen LogP contribution in [-0.2, 0) is 9.47 Å². The van der Waals surface area contributed by atoms with Crippen molar-refractivity contribution in [2.45, 2.75) is 62.3 Å². The molecule has 9 heteroatoms. The van der Waals surface area contributed by atoms with Gasteiger partial charge >= 0.3 is 0 Å². The first-order chi connectivity index (χ1) is 19.6. The summed E-state index contributed by atoms with van der Waals surface area (Å²) in [5.74, 6) is -0.0784. The van der Waals surface area contributed by atoms with E-state index in [-0.39, 0.29) is 17.6 Å². The Hall–Kier alpha value is -2.98. The fraction of sp³-hybridized carbons (Fsp3) is 0.548. The molecule has 2 unspecified atom stereocenters. The van der Waals surface area contributed by atoms with Crippen LogP contribution >= 0.6 is 0 Å². The molecule has 1 aromatic heterocycles. The number of nitrogens with zero attached hydrogens (tertiary/aromatic N) is 3. The smallest absolute Gasteiger partial charge is 0.251 e. The Kier molecular flexibility index (Phi) is 6.99. The lowest BCUT2D eigenvalue weighted by molar-refractivity contribution is -0.0840. The first-order valence-electron chi connectivity index (χ1n) is 14.8. The minimum Gasteiger partial charge on any atom is -0.393 e. The quantitative estimate of drug-likeness (QED) is 0.437. The molecule has 0 aliphatic carbocycles. The number of fused-ring (bicyclic) bond motifs is 3. The van der Waals surface area contributed by atoms with E-state index in [1.807, 2.05) is 18.2 Å². The molecule has 3 N–H and O–H groups in total. The second-order valence-corrected chi connectivity index (χ2v) is 12.0. The fourth-order valence-electron chi connectivity index (χ4n) is 7.46. The predicted molar refractivity (Wildman–Crippen MR) is 154 cm³/mol. The Labute approximate surface area is 234 Å². The minimum atomic E-state index is -0.184. The molecule has 4 aliphatic heterocycles. The molecule has 4 atom stereocenters. The second-order valence-electron chi connectivity index (χ2n) is 12.0.